The molecule has 1 aromatic rings. The van der Waals surface area contributed by atoms with Crippen molar-refractivity contribution in [1.29, 1.82) is 0 Å². The number of carbonyl (C=O) groups excluding carboxylic acids is 1. The van der Waals surface area contributed by atoms with Crippen molar-refractivity contribution in [3.05, 3.63) is 23.9 Å². The second-order valence-electron chi connectivity index (χ2n) is 5.49. The molecule has 1 fully saturated rings. The number of thioether (sulfide) groups is 1. The monoisotopic (exact) mass is 293 g/mol. The van der Waals surface area contributed by atoms with Crippen molar-refractivity contribution in [2.75, 3.05) is 25.3 Å². The molecule has 110 valence electrons. The fourth-order valence-corrected chi connectivity index (χ4v) is 3.39. The van der Waals surface area contributed by atoms with Gasteiger partial charge in [-0.15, -0.1) is 0 Å². The van der Waals surface area contributed by atoms with Gasteiger partial charge in [0, 0.05) is 37.1 Å². The average molecular weight is 293 g/mol. The summed E-state index contributed by atoms with van der Waals surface area (Å²) in [6, 6.07) is 3.92. The summed E-state index contributed by atoms with van der Waals surface area (Å²) in [6.45, 7) is 0. The molecule has 0 spiro atoms. The number of aromatic nitrogens is 1. The van der Waals surface area contributed by atoms with E-state index < -0.39 is 0 Å². The molecule has 20 heavy (non-hydrogen) atoms. The number of amides is 1. The molecule has 1 saturated carbocycles. The predicted molar refractivity (Wildman–Crippen MR) is 85.6 cm³/mol. The molecule has 1 aromatic heterocycles. The quantitative estimate of drug-likeness (QED) is 0.926. The van der Waals surface area contributed by atoms with E-state index in [4.69, 9.17) is 0 Å². The van der Waals surface area contributed by atoms with E-state index in [-0.39, 0.29) is 5.91 Å². The van der Waals surface area contributed by atoms with Crippen molar-refractivity contribution in [2.45, 2.75) is 37.0 Å². The van der Waals surface area contributed by atoms with Gasteiger partial charge in [-0.25, -0.2) is 4.98 Å². The molecule has 0 bridgehead atoms. The number of hydrogen-bond donors (Lipinski definition) is 1. The normalized spacial score (nSPS) is 22.4. The largest absolute Gasteiger partial charge is 0.363 e. The van der Waals surface area contributed by atoms with Gasteiger partial charge in [0.15, 0.2) is 0 Å². The van der Waals surface area contributed by atoms with E-state index in [1.807, 2.05) is 36.8 Å². The molecule has 0 aliphatic heterocycles. The van der Waals surface area contributed by atoms with Crippen LogP contribution in [0.2, 0.25) is 0 Å². The summed E-state index contributed by atoms with van der Waals surface area (Å²) in [5.74, 6) is 0.825. The van der Waals surface area contributed by atoms with Gasteiger partial charge in [-0.1, -0.05) is 6.42 Å². The van der Waals surface area contributed by atoms with Gasteiger partial charge >= 0.3 is 0 Å². The lowest BCUT2D eigenvalue weighted by atomic mass is 9.94. The zero-order chi connectivity index (χ0) is 14.5. The van der Waals surface area contributed by atoms with Crippen molar-refractivity contribution in [3.8, 4) is 0 Å². The molecule has 2 rings (SSSR count). The lowest BCUT2D eigenvalue weighted by molar-refractivity contribution is 0.0928. The van der Waals surface area contributed by atoms with Gasteiger partial charge < -0.3 is 10.2 Å². The van der Waals surface area contributed by atoms with E-state index in [0.29, 0.717) is 16.9 Å². The predicted octanol–water partition coefficient (Wildman–Crippen LogP) is 2.55. The summed E-state index contributed by atoms with van der Waals surface area (Å²) in [7, 11) is 3.85. The number of pyridine rings is 1. The maximum absolute atomic E-state index is 12.3. The van der Waals surface area contributed by atoms with Crippen LogP contribution in [0.3, 0.4) is 0 Å². The second-order valence-corrected chi connectivity index (χ2v) is 6.63. The van der Waals surface area contributed by atoms with Crippen LogP contribution in [0.1, 0.15) is 36.0 Å². The highest BCUT2D eigenvalue weighted by molar-refractivity contribution is 7.99. The summed E-state index contributed by atoms with van der Waals surface area (Å²) in [4.78, 5) is 18.5. The summed E-state index contributed by atoms with van der Waals surface area (Å²) in [6.07, 6.45) is 8.49. The van der Waals surface area contributed by atoms with Crippen molar-refractivity contribution in [3.63, 3.8) is 0 Å². The second kappa shape index (κ2) is 6.97. The van der Waals surface area contributed by atoms with Gasteiger partial charge in [-0.2, -0.15) is 11.8 Å². The van der Waals surface area contributed by atoms with Gasteiger partial charge in [-0.3, -0.25) is 4.79 Å². The molecule has 0 radical (unpaired) electrons. The Morgan fingerprint density at radius 1 is 1.45 bits per heavy atom. The lowest BCUT2D eigenvalue weighted by Crippen LogP contribution is -2.39. The Balaban J connectivity index is 1.99. The number of nitrogens with one attached hydrogen (secondary N) is 1. The Bertz CT molecular complexity index is 464. The summed E-state index contributed by atoms with van der Waals surface area (Å²) >= 11 is 1.91. The first kappa shape index (κ1) is 15.2. The number of carbonyl (C=O) groups is 1. The zero-order valence-corrected chi connectivity index (χ0v) is 13.2. The van der Waals surface area contributed by atoms with Crippen LogP contribution in [-0.2, 0) is 0 Å². The highest BCUT2D eigenvalue weighted by atomic mass is 32.2. The van der Waals surface area contributed by atoms with E-state index in [1.165, 1.54) is 12.8 Å². The standard InChI is InChI=1S/C15H23N3OS/c1-18(2)14-9-11(7-8-16-14)15(19)17-12-5-4-6-13(10-12)20-3/h7-9,12-13H,4-6,10H2,1-3H3,(H,17,19). The van der Waals surface area contributed by atoms with Crippen LogP contribution in [0.25, 0.3) is 0 Å². The summed E-state index contributed by atoms with van der Waals surface area (Å²) in [5.41, 5.74) is 0.690. The Kier molecular flexibility index (Phi) is 5.29. The highest BCUT2D eigenvalue weighted by Crippen LogP contribution is 2.27. The molecule has 4 nitrogen and oxygen atoms in total. The van der Waals surface area contributed by atoms with Gasteiger partial charge in [0.2, 0.25) is 0 Å². The Morgan fingerprint density at radius 2 is 2.25 bits per heavy atom. The maximum Gasteiger partial charge on any atom is 0.251 e. The fourth-order valence-electron chi connectivity index (χ4n) is 2.56. The SMILES string of the molecule is CSC1CCCC(NC(=O)c2ccnc(N(C)C)c2)C1. The first-order valence-corrected chi connectivity index (χ1v) is 8.36. The number of nitrogens with zero attached hydrogens (tertiary/aromatic N) is 2. The molecule has 2 atom stereocenters. The van der Waals surface area contributed by atoms with Crippen LogP contribution in [0.5, 0.6) is 0 Å². The van der Waals surface area contributed by atoms with E-state index >= 15 is 0 Å². The molecular weight excluding hydrogens is 270 g/mol. The smallest absolute Gasteiger partial charge is 0.251 e. The third kappa shape index (κ3) is 3.88. The minimum Gasteiger partial charge on any atom is -0.363 e. The van der Waals surface area contributed by atoms with Gasteiger partial charge in [0.1, 0.15) is 5.82 Å². The van der Waals surface area contributed by atoms with Crippen molar-refractivity contribution < 1.29 is 4.79 Å². The number of rotatable bonds is 4. The highest BCUT2D eigenvalue weighted by Gasteiger charge is 2.23. The van der Waals surface area contributed by atoms with Crippen LogP contribution >= 0.6 is 11.8 Å². The lowest BCUT2D eigenvalue weighted by Gasteiger charge is -2.28. The van der Waals surface area contributed by atoms with Crippen LogP contribution in [0.4, 0.5) is 5.82 Å². The molecule has 1 amide bonds. The first-order valence-electron chi connectivity index (χ1n) is 7.07. The number of anilines is 1. The maximum atomic E-state index is 12.3. The van der Waals surface area contributed by atoms with Crippen LogP contribution in [0, 0.1) is 0 Å². The molecule has 1 aliphatic rings. The third-order valence-electron chi connectivity index (χ3n) is 3.76. The zero-order valence-electron chi connectivity index (χ0n) is 12.4. The van der Waals surface area contributed by atoms with E-state index in [2.05, 4.69) is 16.6 Å². The average Bonchev–Trinajstić information content (AvgIpc) is 2.47. The van der Waals surface area contributed by atoms with Gasteiger partial charge in [0.25, 0.3) is 5.91 Å². The van der Waals surface area contributed by atoms with E-state index in [9.17, 15) is 4.79 Å². The Hall–Kier alpha value is -1.23. The minimum atomic E-state index is 0.0160. The van der Waals surface area contributed by atoms with Crippen LogP contribution in [-0.4, -0.2) is 42.5 Å². The molecule has 0 aromatic carbocycles. The van der Waals surface area contributed by atoms with Crippen LogP contribution < -0.4 is 10.2 Å². The summed E-state index contributed by atoms with van der Waals surface area (Å²) < 4.78 is 0. The van der Waals surface area contributed by atoms with Crippen molar-refractivity contribution >= 4 is 23.5 Å². The molecule has 0 saturated heterocycles. The first-order chi connectivity index (χ1) is 9.60. The minimum absolute atomic E-state index is 0.0160. The van der Waals surface area contributed by atoms with Crippen molar-refractivity contribution in [2.24, 2.45) is 0 Å². The summed E-state index contributed by atoms with van der Waals surface area (Å²) in [5, 5.41) is 3.85. The van der Waals surface area contributed by atoms with Gasteiger partial charge in [-0.05, 0) is 37.7 Å². The topological polar surface area (TPSA) is 45.2 Å². The third-order valence-corrected chi connectivity index (χ3v) is 4.86. The fraction of sp³-hybridized carbons (Fsp3) is 0.600. The molecule has 1 heterocycles. The molecule has 1 aliphatic carbocycles. The van der Waals surface area contributed by atoms with Crippen molar-refractivity contribution in [1.82, 2.24) is 10.3 Å². The number of hydrogen-bond acceptors (Lipinski definition) is 4. The Labute approximate surface area is 125 Å². The Morgan fingerprint density at radius 3 is 2.95 bits per heavy atom. The van der Waals surface area contributed by atoms with Crippen LogP contribution in [0.15, 0.2) is 18.3 Å². The molecule has 5 heteroatoms. The molecule has 1 N–H and O–H groups in total. The molecular formula is C15H23N3OS. The van der Waals surface area contributed by atoms with E-state index in [0.717, 1.165) is 18.7 Å². The van der Waals surface area contributed by atoms with E-state index in [1.54, 1.807) is 12.3 Å². The molecule has 2 unspecified atom stereocenters. The van der Waals surface area contributed by atoms with Gasteiger partial charge in [0.05, 0.1) is 0 Å².